The van der Waals surface area contributed by atoms with Gasteiger partial charge >= 0.3 is 35.8 Å². The van der Waals surface area contributed by atoms with Gasteiger partial charge in [-0.25, -0.2) is 0 Å². The molecule has 18 nitrogen and oxygen atoms in total. The zero-order valence-corrected chi connectivity index (χ0v) is 47.0. The van der Waals surface area contributed by atoms with Crippen molar-refractivity contribution in [3.63, 3.8) is 0 Å². The Balaban J connectivity index is 6.89. The lowest BCUT2D eigenvalue weighted by Crippen LogP contribution is -2.50. The van der Waals surface area contributed by atoms with Gasteiger partial charge in [-0.15, -0.1) is 0 Å². The first-order valence-corrected chi connectivity index (χ1v) is 25.0. The molecule has 0 aromatic rings. The van der Waals surface area contributed by atoms with Crippen molar-refractivity contribution >= 4 is 47.5 Å². The highest BCUT2D eigenvalue weighted by molar-refractivity contribution is 5.80. The Morgan fingerprint density at radius 1 is 0.366 bits per heavy atom. The van der Waals surface area contributed by atoms with E-state index < -0.39 is 109 Å². The average Bonchev–Trinajstić information content (AvgIpc) is 3.13. The molecule has 0 aromatic carbocycles. The van der Waals surface area contributed by atoms with Gasteiger partial charge in [0.1, 0.15) is 39.4 Å². The summed E-state index contributed by atoms with van der Waals surface area (Å²) >= 11 is 0. The van der Waals surface area contributed by atoms with Crippen LogP contribution in [0, 0.1) is 15.5 Å². The summed E-state index contributed by atoms with van der Waals surface area (Å²) in [7, 11) is 0. The summed E-state index contributed by atoms with van der Waals surface area (Å²) in [6.07, 6.45) is -2.71. The first-order valence-electron chi connectivity index (χ1n) is 25.0. The van der Waals surface area contributed by atoms with Crippen LogP contribution in [0.5, 0.6) is 0 Å². The van der Waals surface area contributed by atoms with E-state index in [1.165, 1.54) is 6.92 Å². The number of hydrogen-bond donors (Lipinski definition) is 1. The maximum absolute atomic E-state index is 14.2. The Kier molecular flexibility index (Phi) is 25.1. The van der Waals surface area contributed by atoms with Gasteiger partial charge in [0, 0.05) is 88.0 Å². The molecule has 18 heteroatoms. The lowest BCUT2D eigenvalue weighted by atomic mass is 9.71. The third-order valence-corrected chi connectivity index (χ3v) is 10.8. The van der Waals surface area contributed by atoms with E-state index in [-0.39, 0.29) is 103 Å². The maximum Gasteiger partial charge on any atom is 0.306 e. The van der Waals surface area contributed by atoms with Crippen LogP contribution in [-0.2, 0) is 66.8 Å². The van der Waals surface area contributed by atoms with E-state index in [1.54, 1.807) is 125 Å². The van der Waals surface area contributed by atoms with Crippen LogP contribution in [-0.4, -0.2) is 97.1 Å². The van der Waals surface area contributed by atoms with Crippen molar-refractivity contribution in [3.8, 4) is 0 Å². The molecule has 71 heavy (non-hydrogen) atoms. The second-order valence-corrected chi connectivity index (χ2v) is 25.3. The van der Waals surface area contributed by atoms with Gasteiger partial charge in [-0.1, -0.05) is 0 Å². The summed E-state index contributed by atoms with van der Waals surface area (Å²) in [5.41, 5.74) is -9.23. The van der Waals surface area contributed by atoms with Crippen LogP contribution in [0.3, 0.4) is 0 Å². The molecule has 0 heterocycles. The van der Waals surface area contributed by atoms with Gasteiger partial charge in [0.05, 0.1) is 0 Å². The Labute approximate surface area is 424 Å². The minimum absolute atomic E-state index is 0.0451. The van der Waals surface area contributed by atoms with Crippen LogP contribution < -0.4 is 5.32 Å². The molecule has 0 saturated carbocycles. The molecule has 0 rings (SSSR count). The fourth-order valence-electron chi connectivity index (χ4n) is 7.65. The molecule has 0 radical (unpaired) electrons. The second kappa shape index (κ2) is 26.9. The van der Waals surface area contributed by atoms with Gasteiger partial charge in [-0.05, 0) is 169 Å². The Morgan fingerprint density at radius 2 is 0.606 bits per heavy atom. The van der Waals surface area contributed by atoms with E-state index >= 15 is 0 Å². The molecular formula is C53H92N2O16. The zero-order valence-electron chi connectivity index (χ0n) is 47.0. The minimum atomic E-state index is -1.81. The number of Topliss-reactive ketones (excluding diaryl/α,β-unsaturated/α-hetero) is 1. The molecule has 1 amide bonds. The van der Waals surface area contributed by atoms with Crippen molar-refractivity contribution in [3.05, 3.63) is 10.1 Å². The molecule has 1 N–H and O–H groups in total. The number of nitro groups is 1. The molecule has 0 bridgehead atoms. The van der Waals surface area contributed by atoms with Crippen LogP contribution in [0.25, 0.3) is 0 Å². The SMILES string of the molecule is CC(C)(C)OC(=O)CCC(CCC(=O)OC(C)(C)C)(CCC(=O)OC(C)(C)C)CC(=O)CCC(C)(CCC(=O)NC(CCC(=O)OC(C)(C)C)(CCC(=O)OC(C)(C)C)CCC(=O)OC(C)(C)C)[N+](=O)[O-]. The van der Waals surface area contributed by atoms with E-state index in [2.05, 4.69) is 5.32 Å². The fourth-order valence-corrected chi connectivity index (χ4v) is 7.65. The smallest absolute Gasteiger partial charge is 0.306 e. The van der Waals surface area contributed by atoms with Gasteiger partial charge in [0.25, 0.3) is 0 Å². The quantitative estimate of drug-likeness (QED) is 0.0331. The molecule has 1 unspecified atom stereocenters. The van der Waals surface area contributed by atoms with E-state index in [4.69, 9.17) is 28.4 Å². The van der Waals surface area contributed by atoms with Crippen LogP contribution in [0.2, 0.25) is 0 Å². The maximum atomic E-state index is 14.2. The molecule has 0 aliphatic rings. The van der Waals surface area contributed by atoms with Crippen molar-refractivity contribution in [2.24, 2.45) is 5.41 Å². The number of carbonyl (C=O) groups is 8. The van der Waals surface area contributed by atoms with Crippen molar-refractivity contribution < 1.29 is 71.7 Å². The summed E-state index contributed by atoms with van der Waals surface area (Å²) in [4.78, 5) is 119. The highest BCUT2D eigenvalue weighted by Crippen LogP contribution is 2.41. The number of ketones is 1. The number of ether oxygens (including phenoxy) is 6. The summed E-state index contributed by atoms with van der Waals surface area (Å²) in [6, 6.07) is 0. The number of nitrogens with one attached hydrogen (secondary N) is 1. The molecule has 0 saturated heterocycles. The van der Waals surface area contributed by atoms with Gasteiger partial charge in [-0.3, -0.25) is 48.5 Å². The Hall–Kier alpha value is -4.64. The van der Waals surface area contributed by atoms with E-state index in [0.717, 1.165) is 0 Å². The number of nitrogens with zero attached hydrogens (tertiary/aromatic N) is 1. The first-order chi connectivity index (χ1) is 31.8. The van der Waals surface area contributed by atoms with E-state index in [9.17, 15) is 48.5 Å². The highest BCUT2D eigenvalue weighted by Gasteiger charge is 2.42. The third kappa shape index (κ3) is 32.9. The zero-order chi connectivity index (χ0) is 55.7. The van der Waals surface area contributed by atoms with Gasteiger partial charge in [0.15, 0.2) is 0 Å². The number of esters is 6. The molecule has 0 aromatic heterocycles. The van der Waals surface area contributed by atoms with Crippen molar-refractivity contribution in [2.45, 2.75) is 285 Å². The van der Waals surface area contributed by atoms with Gasteiger partial charge in [0.2, 0.25) is 11.4 Å². The predicted octanol–water partition coefficient (Wildman–Crippen LogP) is 10.1. The van der Waals surface area contributed by atoms with Gasteiger partial charge in [-0.2, -0.15) is 0 Å². The van der Waals surface area contributed by atoms with E-state index in [0.29, 0.717) is 0 Å². The summed E-state index contributed by atoms with van der Waals surface area (Å²) in [6.45, 7) is 32.1. The monoisotopic (exact) mass is 1010 g/mol. The normalized spacial score (nSPS) is 13.8. The number of carbonyl (C=O) groups excluding carboxylic acids is 8. The number of hydrogen-bond acceptors (Lipinski definition) is 16. The van der Waals surface area contributed by atoms with Crippen LogP contribution in [0.4, 0.5) is 0 Å². The number of rotatable bonds is 28. The van der Waals surface area contributed by atoms with E-state index in [1.807, 2.05) is 0 Å². The molecule has 0 fully saturated rings. The fraction of sp³-hybridized carbons (Fsp3) is 0.849. The Morgan fingerprint density at radius 3 is 0.845 bits per heavy atom. The van der Waals surface area contributed by atoms with Crippen LogP contribution >= 0.6 is 0 Å². The lowest BCUT2D eigenvalue weighted by Gasteiger charge is -2.36. The standard InChI is InChI=1S/C53H92N2O16/c1-45(2,3)66-39(58)22-30-52(31-23-40(59)67-46(4,5)6,32-24-41(60)68-47(7,8)9)36-37(56)20-28-51(19,55(64)65)29-21-38(57)54-53(33-25-42(61)69-48(10,11)12,34-26-43(62)70-49(13,14)15)35-27-44(63)71-50(16,17)18/h20-36H2,1-19H3,(H,54,57). The first kappa shape index (κ1) is 66.4. The van der Waals surface area contributed by atoms with Crippen molar-refractivity contribution in [1.82, 2.24) is 5.32 Å². The highest BCUT2D eigenvalue weighted by atomic mass is 16.6. The minimum Gasteiger partial charge on any atom is -0.460 e. The topological polar surface area (TPSA) is 247 Å². The predicted molar refractivity (Wildman–Crippen MR) is 267 cm³/mol. The van der Waals surface area contributed by atoms with Crippen LogP contribution in [0.1, 0.15) is 241 Å². The Bertz CT molecular complexity index is 1550. The largest absolute Gasteiger partial charge is 0.460 e. The third-order valence-electron chi connectivity index (χ3n) is 10.8. The van der Waals surface area contributed by atoms with Crippen LogP contribution in [0.15, 0.2) is 0 Å². The molecule has 1 atom stereocenters. The molecule has 0 aliphatic heterocycles. The molecule has 0 aliphatic carbocycles. The molecule has 410 valence electrons. The van der Waals surface area contributed by atoms with Crippen molar-refractivity contribution in [2.75, 3.05) is 0 Å². The molecule has 0 spiro atoms. The average molecular weight is 1010 g/mol. The lowest BCUT2D eigenvalue weighted by molar-refractivity contribution is -0.567. The summed E-state index contributed by atoms with van der Waals surface area (Å²) < 4.78 is 33.3. The van der Waals surface area contributed by atoms with Crippen molar-refractivity contribution in [1.29, 1.82) is 0 Å². The number of amides is 1. The summed E-state index contributed by atoms with van der Waals surface area (Å²) in [5.74, 6) is -4.48. The molecular weight excluding hydrogens is 921 g/mol. The summed E-state index contributed by atoms with van der Waals surface area (Å²) in [5, 5.41) is 15.8. The van der Waals surface area contributed by atoms with Gasteiger partial charge < -0.3 is 33.7 Å². The second-order valence-electron chi connectivity index (χ2n) is 25.3.